The van der Waals surface area contributed by atoms with Crippen molar-refractivity contribution in [3.63, 3.8) is 0 Å². The summed E-state index contributed by atoms with van der Waals surface area (Å²) in [5, 5.41) is 13.1. The second kappa shape index (κ2) is 10.4. The van der Waals surface area contributed by atoms with Crippen molar-refractivity contribution in [3.8, 4) is 11.5 Å². The lowest BCUT2D eigenvalue weighted by atomic mass is 10.1. The van der Waals surface area contributed by atoms with Crippen LogP contribution >= 0.6 is 0 Å². The van der Waals surface area contributed by atoms with Crippen LogP contribution in [0.3, 0.4) is 0 Å². The summed E-state index contributed by atoms with van der Waals surface area (Å²) in [5.74, 6) is 1.66. The zero-order valence-electron chi connectivity index (χ0n) is 20.4. The first-order valence-corrected chi connectivity index (χ1v) is 12.3. The monoisotopic (exact) mass is 514 g/mol. The average molecular weight is 515 g/mol. The van der Waals surface area contributed by atoms with E-state index in [2.05, 4.69) is 25.5 Å². The van der Waals surface area contributed by atoms with Crippen LogP contribution in [0.4, 0.5) is 4.39 Å². The number of tetrazole rings is 1. The molecule has 0 spiro atoms. The molecule has 1 unspecified atom stereocenters. The van der Waals surface area contributed by atoms with Gasteiger partial charge in [-0.05, 0) is 46.3 Å². The number of nitrogens with one attached hydrogen (secondary N) is 2. The van der Waals surface area contributed by atoms with Gasteiger partial charge in [0.15, 0.2) is 11.5 Å². The van der Waals surface area contributed by atoms with E-state index in [9.17, 15) is 9.18 Å². The van der Waals surface area contributed by atoms with Gasteiger partial charge in [0.05, 0.1) is 17.6 Å². The van der Waals surface area contributed by atoms with Crippen LogP contribution in [0.5, 0.6) is 11.5 Å². The van der Waals surface area contributed by atoms with Gasteiger partial charge in [0.1, 0.15) is 38.7 Å². The Morgan fingerprint density at radius 3 is 2.58 bits per heavy atom. The molecule has 10 nitrogen and oxygen atoms in total. The van der Waals surface area contributed by atoms with Crippen LogP contribution in [0.2, 0.25) is 0 Å². The van der Waals surface area contributed by atoms with Crippen LogP contribution in [0.25, 0.3) is 10.9 Å². The Kier molecular flexibility index (Phi) is 6.49. The molecule has 2 N–H and O–H groups in total. The Hall–Kier alpha value is -4.64. The van der Waals surface area contributed by atoms with Gasteiger partial charge in [-0.15, -0.1) is 5.10 Å². The van der Waals surface area contributed by atoms with Gasteiger partial charge in [-0.25, -0.2) is 9.07 Å². The van der Waals surface area contributed by atoms with Gasteiger partial charge >= 0.3 is 0 Å². The zero-order chi connectivity index (χ0) is 25.9. The largest absolute Gasteiger partial charge is 0.486 e. The van der Waals surface area contributed by atoms with Crippen LogP contribution in [-0.2, 0) is 26.2 Å². The first kappa shape index (κ1) is 23.7. The standard InChI is InChI=1S/C27H24FN7O3/c28-22-5-3-18(4-6-22)15-35-26(31-32-33-35)17-34(14-19-2-1-7-29-13-19)16-21-10-20-11-24-25(38-9-8-37-24)12-23(20)30-27(21)36/h1-7,10-13H,8-9,14-17H2,(H,30,36)/p+1. The van der Waals surface area contributed by atoms with Gasteiger partial charge in [-0.2, -0.15) is 0 Å². The van der Waals surface area contributed by atoms with E-state index in [1.54, 1.807) is 29.1 Å². The second-order valence-corrected chi connectivity index (χ2v) is 9.23. The van der Waals surface area contributed by atoms with Crippen molar-refractivity contribution in [2.75, 3.05) is 13.2 Å². The lowest BCUT2D eigenvalue weighted by Crippen LogP contribution is -3.08. The predicted molar refractivity (Wildman–Crippen MR) is 135 cm³/mol. The molecule has 3 aromatic heterocycles. The molecule has 0 bridgehead atoms. The Labute approximate surface area is 216 Å². The number of ether oxygens (including phenoxy) is 2. The van der Waals surface area contributed by atoms with Gasteiger partial charge in [0, 0.05) is 29.4 Å². The maximum absolute atomic E-state index is 13.3. The minimum absolute atomic E-state index is 0.163. The van der Waals surface area contributed by atoms with Crippen LogP contribution in [0.1, 0.15) is 22.5 Å². The highest BCUT2D eigenvalue weighted by atomic mass is 19.1. The average Bonchev–Trinajstić information content (AvgIpc) is 3.36. The Bertz CT molecular complexity index is 1620. The third kappa shape index (κ3) is 5.23. The normalized spacial score (nSPS) is 13.5. The number of fused-ring (bicyclic) bond motifs is 2. The summed E-state index contributed by atoms with van der Waals surface area (Å²) in [6.07, 6.45) is 3.54. The molecule has 0 aliphatic carbocycles. The number of benzene rings is 2. The Morgan fingerprint density at radius 1 is 0.974 bits per heavy atom. The van der Waals surface area contributed by atoms with Crippen molar-refractivity contribution in [2.45, 2.75) is 26.2 Å². The highest BCUT2D eigenvalue weighted by Gasteiger charge is 2.20. The number of hydrogen-bond donors (Lipinski definition) is 2. The van der Waals surface area contributed by atoms with Gasteiger partial charge in [0.2, 0.25) is 5.82 Å². The van der Waals surface area contributed by atoms with Gasteiger partial charge in [-0.3, -0.25) is 9.78 Å². The Morgan fingerprint density at radius 2 is 1.79 bits per heavy atom. The quantitative estimate of drug-likeness (QED) is 0.324. The molecule has 11 heteroatoms. The molecule has 1 atom stereocenters. The Balaban J connectivity index is 1.29. The van der Waals surface area contributed by atoms with Crippen molar-refractivity contribution >= 4 is 10.9 Å². The molecule has 0 amide bonds. The smallest absolute Gasteiger partial charge is 0.257 e. The van der Waals surface area contributed by atoms with E-state index in [0.717, 1.165) is 21.4 Å². The highest BCUT2D eigenvalue weighted by Crippen LogP contribution is 2.33. The SMILES string of the molecule is O=c1[nH]c2cc3c(cc2cc1C[NH+](Cc1cccnc1)Cc1nnnn1Cc1ccc(F)cc1)OCCO3. The summed E-state index contributed by atoms with van der Waals surface area (Å²) in [7, 11) is 0. The summed E-state index contributed by atoms with van der Waals surface area (Å²) in [6, 6.07) is 15.7. The molecule has 1 aliphatic rings. The number of H-pyrrole nitrogens is 1. The molecule has 2 aromatic carbocycles. The van der Waals surface area contributed by atoms with Gasteiger partial charge < -0.3 is 19.4 Å². The minimum atomic E-state index is -0.294. The van der Waals surface area contributed by atoms with Crippen LogP contribution in [0, 0.1) is 5.82 Å². The number of hydrogen-bond acceptors (Lipinski definition) is 7. The number of halogens is 1. The van der Waals surface area contributed by atoms with E-state index in [0.29, 0.717) is 67.8 Å². The van der Waals surface area contributed by atoms with Gasteiger partial charge in [0.25, 0.3) is 5.56 Å². The maximum atomic E-state index is 13.3. The van der Waals surface area contributed by atoms with Gasteiger partial charge in [-0.1, -0.05) is 18.2 Å². The van der Waals surface area contributed by atoms with Crippen LogP contribution in [-0.4, -0.2) is 43.4 Å². The van der Waals surface area contributed by atoms with Crippen molar-refractivity contribution < 1.29 is 18.8 Å². The number of pyridine rings is 2. The first-order valence-electron chi connectivity index (χ1n) is 12.3. The molecule has 4 heterocycles. The van der Waals surface area contributed by atoms with Crippen molar-refractivity contribution in [2.24, 2.45) is 0 Å². The first-order chi connectivity index (χ1) is 18.6. The molecular weight excluding hydrogens is 489 g/mol. The summed E-state index contributed by atoms with van der Waals surface area (Å²) in [6.45, 7) is 2.88. The minimum Gasteiger partial charge on any atom is -0.486 e. The molecule has 5 aromatic rings. The maximum Gasteiger partial charge on any atom is 0.257 e. The molecule has 38 heavy (non-hydrogen) atoms. The fraction of sp³-hybridized carbons (Fsp3) is 0.222. The summed E-state index contributed by atoms with van der Waals surface area (Å²) >= 11 is 0. The molecule has 192 valence electrons. The fourth-order valence-electron chi connectivity index (χ4n) is 4.63. The number of quaternary nitrogens is 1. The lowest BCUT2D eigenvalue weighted by molar-refractivity contribution is -0.942. The number of rotatable bonds is 8. The van der Waals surface area contributed by atoms with Crippen LogP contribution in [0.15, 0.2) is 71.8 Å². The van der Waals surface area contributed by atoms with E-state index in [4.69, 9.17) is 9.47 Å². The molecule has 0 saturated heterocycles. The van der Waals surface area contributed by atoms with E-state index in [1.807, 2.05) is 30.5 Å². The molecule has 0 saturated carbocycles. The molecule has 0 radical (unpaired) electrons. The third-order valence-corrected chi connectivity index (χ3v) is 6.46. The fourth-order valence-corrected chi connectivity index (χ4v) is 4.63. The number of nitrogens with zero attached hydrogens (tertiary/aromatic N) is 5. The van der Waals surface area contributed by atoms with Crippen molar-refractivity contribution in [3.05, 3.63) is 106 Å². The van der Waals surface area contributed by atoms with E-state index < -0.39 is 0 Å². The molecule has 0 fully saturated rings. The highest BCUT2D eigenvalue weighted by molar-refractivity contribution is 5.83. The summed E-state index contributed by atoms with van der Waals surface area (Å²) in [4.78, 5) is 21.4. The third-order valence-electron chi connectivity index (χ3n) is 6.46. The molecule has 6 rings (SSSR count). The predicted octanol–water partition coefficient (Wildman–Crippen LogP) is 1.65. The summed E-state index contributed by atoms with van der Waals surface area (Å²) < 4.78 is 26.4. The zero-order valence-corrected chi connectivity index (χ0v) is 20.4. The molecule has 1 aliphatic heterocycles. The van der Waals surface area contributed by atoms with Crippen molar-refractivity contribution in [1.29, 1.82) is 0 Å². The van der Waals surface area contributed by atoms with E-state index in [-0.39, 0.29) is 11.4 Å². The number of aromatic nitrogens is 6. The second-order valence-electron chi connectivity index (χ2n) is 9.23. The van der Waals surface area contributed by atoms with E-state index in [1.165, 1.54) is 12.1 Å². The number of aromatic amines is 1. The lowest BCUT2D eigenvalue weighted by Gasteiger charge is -2.20. The van der Waals surface area contributed by atoms with Crippen LogP contribution < -0.4 is 19.9 Å². The van der Waals surface area contributed by atoms with Crippen molar-refractivity contribution in [1.82, 2.24) is 30.2 Å². The summed E-state index contributed by atoms with van der Waals surface area (Å²) in [5.41, 5.74) is 3.07. The molecular formula is C27H25FN7O3+. The van der Waals surface area contributed by atoms with E-state index >= 15 is 0 Å². The topological polar surface area (TPSA) is 112 Å².